The molecule has 3 rings (SSSR count). The summed E-state index contributed by atoms with van der Waals surface area (Å²) in [7, 11) is -0.965. The monoisotopic (exact) mass is 465 g/mol. The minimum atomic E-state index is -3.74. The number of carbonyl (C=O) groups is 2. The lowest BCUT2D eigenvalue weighted by molar-refractivity contribution is -0.134. The number of amides is 1. The fourth-order valence-corrected chi connectivity index (χ4v) is 4.30. The number of halogens is 1. The van der Waals surface area contributed by atoms with Gasteiger partial charge in [0.2, 0.25) is 10.0 Å². The molecule has 1 aliphatic rings. The van der Waals surface area contributed by atoms with Gasteiger partial charge in [0, 0.05) is 46.0 Å². The number of para-hydroxylation sites is 1. The van der Waals surface area contributed by atoms with E-state index in [1.54, 1.807) is 4.90 Å². The summed E-state index contributed by atoms with van der Waals surface area (Å²) < 4.78 is 30.7. The summed E-state index contributed by atoms with van der Waals surface area (Å²) in [6, 6.07) is 13.7. The van der Waals surface area contributed by atoms with Crippen molar-refractivity contribution < 1.29 is 22.7 Å². The predicted octanol–water partition coefficient (Wildman–Crippen LogP) is 2.10. The van der Waals surface area contributed by atoms with Crippen LogP contribution in [0.2, 0.25) is 5.02 Å². The first-order chi connectivity index (χ1) is 14.7. The third kappa shape index (κ3) is 5.36. The Labute approximate surface area is 187 Å². The molecular formula is C21H24ClN3O5S. The van der Waals surface area contributed by atoms with E-state index in [0.29, 0.717) is 26.2 Å². The van der Waals surface area contributed by atoms with Crippen LogP contribution in [0.15, 0.2) is 53.4 Å². The molecule has 0 bridgehead atoms. The van der Waals surface area contributed by atoms with Gasteiger partial charge in [0.05, 0.1) is 15.5 Å². The zero-order chi connectivity index (χ0) is 22.6. The Hall–Kier alpha value is -2.62. The molecule has 166 valence electrons. The van der Waals surface area contributed by atoms with E-state index in [0.717, 1.165) is 16.1 Å². The molecule has 1 fully saturated rings. The van der Waals surface area contributed by atoms with Crippen LogP contribution < -0.4 is 4.90 Å². The van der Waals surface area contributed by atoms with E-state index >= 15 is 0 Å². The van der Waals surface area contributed by atoms with Gasteiger partial charge in [-0.25, -0.2) is 17.5 Å². The highest BCUT2D eigenvalue weighted by Gasteiger charge is 2.24. The molecule has 1 aliphatic heterocycles. The van der Waals surface area contributed by atoms with Gasteiger partial charge in [0.15, 0.2) is 6.61 Å². The van der Waals surface area contributed by atoms with Crippen molar-refractivity contribution in [3.63, 3.8) is 0 Å². The van der Waals surface area contributed by atoms with Crippen LogP contribution >= 0.6 is 11.6 Å². The highest BCUT2D eigenvalue weighted by molar-refractivity contribution is 7.89. The Bertz CT molecular complexity index is 1050. The summed E-state index contributed by atoms with van der Waals surface area (Å²) in [5.74, 6) is -1.16. The summed E-state index contributed by atoms with van der Waals surface area (Å²) in [6.07, 6.45) is 0. The fraction of sp³-hybridized carbons (Fsp3) is 0.333. The summed E-state index contributed by atoms with van der Waals surface area (Å²) in [4.78, 5) is 28.7. The molecule has 0 aliphatic carbocycles. The third-order valence-electron chi connectivity index (χ3n) is 5.02. The lowest BCUT2D eigenvalue weighted by Crippen LogP contribution is -2.49. The van der Waals surface area contributed by atoms with Crippen LogP contribution in [0.4, 0.5) is 5.69 Å². The standard InChI is InChI=1S/C21H24ClN3O5S/c1-23(2)31(28,29)17-8-9-19(22)18(14-17)21(27)30-15-20(26)25-12-10-24(11-13-25)16-6-4-3-5-7-16/h3-9,14H,10-13,15H2,1-2H3. The molecule has 8 nitrogen and oxygen atoms in total. The molecule has 0 atom stereocenters. The van der Waals surface area contributed by atoms with Gasteiger partial charge in [0.1, 0.15) is 0 Å². The minimum Gasteiger partial charge on any atom is -0.452 e. The number of rotatable bonds is 6. The molecule has 0 aromatic heterocycles. The van der Waals surface area contributed by atoms with Crippen molar-refractivity contribution in [2.45, 2.75) is 4.90 Å². The maximum Gasteiger partial charge on any atom is 0.340 e. The van der Waals surface area contributed by atoms with Crippen LogP contribution in [-0.4, -0.2) is 76.4 Å². The number of carbonyl (C=O) groups excluding carboxylic acids is 2. The fourth-order valence-electron chi connectivity index (χ4n) is 3.18. The van der Waals surface area contributed by atoms with Crippen LogP contribution in [-0.2, 0) is 19.6 Å². The Morgan fingerprint density at radius 1 is 1.03 bits per heavy atom. The lowest BCUT2D eigenvalue weighted by atomic mass is 10.2. The summed E-state index contributed by atoms with van der Waals surface area (Å²) >= 11 is 6.05. The van der Waals surface area contributed by atoms with Gasteiger partial charge < -0.3 is 14.5 Å². The second-order valence-electron chi connectivity index (χ2n) is 7.21. The van der Waals surface area contributed by atoms with Gasteiger partial charge >= 0.3 is 5.97 Å². The van der Waals surface area contributed by atoms with Crippen LogP contribution in [0.1, 0.15) is 10.4 Å². The molecule has 31 heavy (non-hydrogen) atoms. The molecule has 0 spiro atoms. The Morgan fingerprint density at radius 2 is 1.68 bits per heavy atom. The van der Waals surface area contributed by atoms with Crippen LogP contribution in [0.25, 0.3) is 0 Å². The molecule has 2 aromatic carbocycles. The molecule has 0 N–H and O–H groups in total. The number of nitrogens with zero attached hydrogens (tertiary/aromatic N) is 3. The van der Waals surface area contributed by atoms with Gasteiger partial charge in [-0.1, -0.05) is 29.8 Å². The molecule has 1 amide bonds. The lowest BCUT2D eigenvalue weighted by Gasteiger charge is -2.36. The van der Waals surface area contributed by atoms with E-state index in [9.17, 15) is 18.0 Å². The maximum atomic E-state index is 12.5. The van der Waals surface area contributed by atoms with Crippen molar-refractivity contribution in [3.05, 3.63) is 59.1 Å². The molecule has 0 saturated carbocycles. The van der Waals surface area contributed by atoms with Crippen molar-refractivity contribution in [3.8, 4) is 0 Å². The van der Waals surface area contributed by atoms with Gasteiger partial charge in [-0.2, -0.15) is 0 Å². The highest BCUT2D eigenvalue weighted by Crippen LogP contribution is 2.23. The van der Waals surface area contributed by atoms with E-state index in [1.165, 1.54) is 26.2 Å². The van der Waals surface area contributed by atoms with E-state index in [1.807, 2.05) is 30.3 Å². The number of anilines is 1. The zero-order valence-corrected chi connectivity index (χ0v) is 18.9. The molecular weight excluding hydrogens is 442 g/mol. The molecule has 1 heterocycles. The van der Waals surface area contributed by atoms with E-state index in [2.05, 4.69) is 4.90 Å². The van der Waals surface area contributed by atoms with Gasteiger partial charge in [-0.3, -0.25) is 4.79 Å². The Kier molecular flexibility index (Phi) is 7.19. The third-order valence-corrected chi connectivity index (χ3v) is 7.16. The smallest absolute Gasteiger partial charge is 0.340 e. The maximum absolute atomic E-state index is 12.5. The quantitative estimate of drug-likeness (QED) is 0.607. The molecule has 10 heteroatoms. The predicted molar refractivity (Wildman–Crippen MR) is 118 cm³/mol. The molecule has 1 saturated heterocycles. The van der Waals surface area contributed by atoms with Crippen LogP contribution in [0, 0.1) is 0 Å². The normalized spacial score (nSPS) is 14.6. The number of esters is 1. The van der Waals surface area contributed by atoms with Crippen molar-refractivity contribution in [1.29, 1.82) is 0 Å². The van der Waals surface area contributed by atoms with Crippen molar-refractivity contribution in [1.82, 2.24) is 9.21 Å². The summed E-state index contributed by atoms with van der Waals surface area (Å²) in [6.45, 7) is 1.95. The molecule has 0 unspecified atom stereocenters. The Balaban J connectivity index is 1.58. The van der Waals surface area contributed by atoms with Crippen molar-refractivity contribution in [2.75, 3.05) is 51.8 Å². The SMILES string of the molecule is CN(C)S(=O)(=O)c1ccc(Cl)c(C(=O)OCC(=O)N2CCN(c3ccccc3)CC2)c1. The van der Waals surface area contributed by atoms with Gasteiger partial charge in [0.25, 0.3) is 5.91 Å². The number of sulfonamides is 1. The summed E-state index contributed by atoms with van der Waals surface area (Å²) in [5.41, 5.74) is 0.995. The van der Waals surface area contributed by atoms with Gasteiger partial charge in [-0.05, 0) is 30.3 Å². The highest BCUT2D eigenvalue weighted by atomic mass is 35.5. The Morgan fingerprint density at radius 3 is 2.29 bits per heavy atom. The largest absolute Gasteiger partial charge is 0.452 e. The van der Waals surface area contributed by atoms with Crippen LogP contribution in [0.3, 0.4) is 0 Å². The van der Waals surface area contributed by atoms with E-state index in [-0.39, 0.29) is 21.4 Å². The number of ether oxygens (including phenoxy) is 1. The summed E-state index contributed by atoms with van der Waals surface area (Å²) in [5, 5.41) is 0.0478. The topological polar surface area (TPSA) is 87.2 Å². The van der Waals surface area contributed by atoms with Crippen molar-refractivity contribution >= 4 is 39.2 Å². The number of hydrogen-bond donors (Lipinski definition) is 0. The van der Waals surface area contributed by atoms with E-state index in [4.69, 9.17) is 16.3 Å². The average Bonchev–Trinajstić information content (AvgIpc) is 2.78. The minimum absolute atomic E-state index is 0.0478. The molecule has 0 radical (unpaired) electrons. The average molecular weight is 466 g/mol. The zero-order valence-electron chi connectivity index (χ0n) is 17.3. The van der Waals surface area contributed by atoms with E-state index < -0.39 is 22.6 Å². The number of hydrogen-bond acceptors (Lipinski definition) is 6. The molecule has 2 aromatic rings. The first kappa shape index (κ1) is 23.1. The van der Waals surface area contributed by atoms with Gasteiger partial charge in [-0.15, -0.1) is 0 Å². The second kappa shape index (κ2) is 9.67. The number of benzene rings is 2. The number of piperazine rings is 1. The first-order valence-corrected chi connectivity index (χ1v) is 11.5. The first-order valence-electron chi connectivity index (χ1n) is 9.67. The van der Waals surface area contributed by atoms with Crippen molar-refractivity contribution in [2.24, 2.45) is 0 Å². The van der Waals surface area contributed by atoms with Crippen LogP contribution in [0.5, 0.6) is 0 Å². The second-order valence-corrected chi connectivity index (χ2v) is 9.77.